The zero-order chi connectivity index (χ0) is 23.8. The van der Waals surface area contributed by atoms with Crippen molar-refractivity contribution < 1.29 is 23.9 Å². The maximum absolute atomic E-state index is 13.3. The van der Waals surface area contributed by atoms with Crippen LogP contribution in [0.2, 0.25) is 0 Å². The van der Waals surface area contributed by atoms with Crippen molar-refractivity contribution >= 4 is 46.5 Å². The van der Waals surface area contributed by atoms with Crippen molar-refractivity contribution in [3.05, 3.63) is 59.8 Å². The van der Waals surface area contributed by atoms with E-state index in [1.807, 2.05) is 12.1 Å². The number of nitrogens with one attached hydrogen (secondary N) is 2. The highest BCUT2D eigenvalue weighted by atomic mass is 32.2. The molecule has 9 nitrogen and oxygen atoms in total. The zero-order valence-corrected chi connectivity index (χ0v) is 19.3. The molecule has 33 heavy (non-hydrogen) atoms. The molecule has 0 saturated carbocycles. The molecule has 1 aliphatic rings. The molecule has 0 atom stereocenters. The molecule has 2 aromatic rings. The van der Waals surface area contributed by atoms with Crippen LogP contribution < -0.4 is 25.0 Å². The number of hydrogen-bond donors (Lipinski definition) is 2. The van der Waals surface area contributed by atoms with Crippen LogP contribution in [0.25, 0.3) is 6.08 Å². The Bertz CT molecular complexity index is 1100. The second-order valence-corrected chi connectivity index (χ2v) is 7.68. The number of amidine groups is 1. The topological polar surface area (TPSA) is 109 Å². The lowest BCUT2D eigenvalue weighted by Gasteiger charge is -2.18. The summed E-state index contributed by atoms with van der Waals surface area (Å²) in [5.41, 5.74) is 1.54. The maximum Gasteiger partial charge on any atom is 0.321 e. The molecule has 0 radical (unpaired) electrons. The molecule has 0 bridgehead atoms. The van der Waals surface area contributed by atoms with Crippen LogP contribution in [-0.2, 0) is 9.59 Å². The molecule has 0 saturated heterocycles. The molecular weight excluding hydrogens is 444 g/mol. The van der Waals surface area contributed by atoms with Crippen LogP contribution in [0.15, 0.2) is 59.2 Å². The van der Waals surface area contributed by atoms with Gasteiger partial charge in [0.2, 0.25) is 5.91 Å². The fraction of sp³-hybridized carbons (Fsp3) is 0.217. The quantitative estimate of drug-likeness (QED) is 0.605. The number of imide groups is 1. The first kappa shape index (κ1) is 23.9. The summed E-state index contributed by atoms with van der Waals surface area (Å²) in [6.07, 6.45) is 1.66. The van der Waals surface area contributed by atoms with E-state index in [0.717, 1.165) is 17.3 Å². The van der Waals surface area contributed by atoms with Gasteiger partial charge < -0.3 is 14.8 Å². The van der Waals surface area contributed by atoms with Crippen LogP contribution >= 0.6 is 11.8 Å². The number of carbonyl (C=O) groups is 3. The van der Waals surface area contributed by atoms with Gasteiger partial charge >= 0.3 is 6.03 Å². The predicted molar refractivity (Wildman–Crippen MR) is 129 cm³/mol. The first-order valence-electron chi connectivity index (χ1n) is 10.1. The van der Waals surface area contributed by atoms with Crippen LogP contribution in [0, 0.1) is 0 Å². The number of urea groups is 1. The first-order valence-corrected chi connectivity index (χ1v) is 11.1. The maximum atomic E-state index is 13.3. The van der Waals surface area contributed by atoms with Gasteiger partial charge in [-0.25, -0.2) is 9.79 Å². The van der Waals surface area contributed by atoms with Gasteiger partial charge in [0, 0.05) is 12.6 Å². The van der Waals surface area contributed by atoms with Crippen molar-refractivity contribution in [2.75, 3.05) is 31.4 Å². The van der Waals surface area contributed by atoms with Gasteiger partial charge in [-0.3, -0.25) is 19.8 Å². The Hall–Kier alpha value is -3.79. The van der Waals surface area contributed by atoms with Crippen molar-refractivity contribution in [3.8, 4) is 11.5 Å². The highest BCUT2D eigenvalue weighted by Crippen LogP contribution is 2.31. The van der Waals surface area contributed by atoms with Gasteiger partial charge in [-0.2, -0.15) is 0 Å². The number of ether oxygens (including phenoxy) is 2. The van der Waals surface area contributed by atoms with Gasteiger partial charge in [0.1, 0.15) is 17.2 Å². The fourth-order valence-corrected chi connectivity index (χ4v) is 3.74. The second kappa shape index (κ2) is 11.2. The van der Waals surface area contributed by atoms with Gasteiger partial charge in [0.15, 0.2) is 5.17 Å². The van der Waals surface area contributed by atoms with Crippen LogP contribution in [0.3, 0.4) is 0 Å². The minimum atomic E-state index is -0.572. The van der Waals surface area contributed by atoms with Gasteiger partial charge in [-0.05, 0) is 42.8 Å². The summed E-state index contributed by atoms with van der Waals surface area (Å²) in [6, 6.07) is 13.6. The third-order valence-electron chi connectivity index (χ3n) is 4.48. The SMILES string of the molecule is CCNC(=O)NC(=O)CSC1=N/C(=C/c2ccc(OC)cc2)C(=O)N1c1cccc(OC)c1. The monoisotopic (exact) mass is 468 g/mol. The summed E-state index contributed by atoms with van der Waals surface area (Å²) in [6.45, 7) is 2.15. The molecule has 10 heteroatoms. The lowest BCUT2D eigenvalue weighted by Crippen LogP contribution is -2.40. The number of rotatable bonds is 7. The fourth-order valence-electron chi connectivity index (χ4n) is 2.93. The molecule has 0 aliphatic carbocycles. The third-order valence-corrected chi connectivity index (χ3v) is 5.42. The number of methoxy groups -OCH3 is 2. The number of benzene rings is 2. The molecule has 0 unspecified atom stereocenters. The third kappa shape index (κ3) is 6.13. The molecule has 0 spiro atoms. The van der Waals surface area contributed by atoms with Gasteiger partial charge in [-0.1, -0.05) is 30.0 Å². The number of nitrogens with zero attached hydrogens (tertiary/aromatic N) is 2. The Morgan fingerprint density at radius 1 is 1.09 bits per heavy atom. The highest BCUT2D eigenvalue weighted by Gasteiger charge is 2.32. The summed E-state index contributed by atoms with van der Waals surface area (Å²) in [4.78, 5) is 42.9. The largest absolute Gasteiger partial charge is 0.497 e. The normalized spacial score (nSPS) is 14.2. The first-order chi connectivity index (χ1) is 15.9. The number of hydrogen-bond acceptors (Lipinski definition) is 7. The minimum absolute atomic E-state index is 0.0977. The van der Waals surface area contributed by atoms with E-state index in [-0.39, 0.29) is 17.4 Å². The Labute approximate surface area is 195 Å². The molecule has 3 rings (SSSR count). The average molecular weight is 469 g/mol. The van der Waals surface area contributed by atoms with Gasteiger partial charge in [0.25, 0.3) is 5.91 Å². The van der Waals surface area contributed by atoms with E-state index in [9.17, 15) is 14.4 Å². The zero-order valence-electron chi connectivity index (χ0n) is 18.5. The smallest absolute Gasteiger partial charge is 0.321 e. The van der Waals surface area contributed by atoms with Crippen molar-refractivity contribution in [1.29, 1.82) is 0 Å². The van der Waals surface area contributed by atoms with Crippen molar-refractivity contribution in [2.45, 2.75) is 6.92 Å². The number of aliphatic imine (C=N–C) groups is 1. The Morgan fingerprint density at radius 3 is 2.48 bits per heavy atom. The molecule has 1 heterocycles. The van der Waals surface area contributed by atoms with Gasteiger partial charge in [-0.15, -0.1) is 0 Å². The molecule has 172 valence electrons. The van der Waals surface area contributed by atoms with Crippen LogP contribution in [-0.4, -0.2) is 49.5 Å². The molecule has 2 N–H and O–H groups in total. The van der Waals surface area contributed by atoms with E-state index in [1.54, 1.807) is 56.5 Å². The predicted octanol–water partition coefficient (Wildman–Crippen LogP) is 3.03. The lowest BCUT2D eigenvalue weighted by molar-refractivity contribution is -0.117. The second-order valence-electron chi connectivity index (χ2n) is 6.74. The number of anilines is 1. The number of amides is 4. The molecule has 4 amide bonds. The summed E-state index contributed by atoms with van der Waals surface area (Å²) in [7, 11) is 3.12. The van der Waals surface area contributed by atoms with Crippen LogP contribution in [0.4, 0.5) is 10.5 Å². The van der Waals surface area contributed by atoms with E-state index >= 15 is 0 Å². The van der Waals surface area contributed by atoms with E-state index in [4.69, 9.17) is 9.47 Å². The van der Waals surface area contributed by atoms with E-state index in [0.29, 0.717) is 28.9 Å². The van der Waals surface area contributed by atoms with Crippen molar-refractivity contribution in [2.24, 2.45) is 4.99 Å². The summed E-state index contributed by atoms with van der Waals surface area (Å²) >= 11 is 1.05. The van der Waals surface area contributed by atoms with Crippen molar-refractivity contribution in [3.63, 3.8) is 0 Å². The van der Waals surface area contributed by atoms with Crippen LogP contribution in [0.5, 0.6) is 11.5 Å². The van der Waals surface area contributed by atoms with Gasteiger partial charge in [0.05, 0.1) is 25.7 Å². The van der Waals surface area contributed by atoms with E-state index < -0.39 is 11.9 Å². The summed E-state index contributed by atoms with van der Waals surface area (Å²) in [5.74, 6) is 0.335. The Balaban J connectivity index is 1.87. The molecule has 2 aromatic carbocycles. The summed E-state index contributed by atoms with van der Waals surface area (Å²) < 4.78 is 10.4. The molecule has 0 fully saturated rings. The Morgan fingerprint density at radius 2 is 1.82 bits per heavy atom. The average Bonchev–Trinajstić information content (AvgIpc) is 3.13. The highest BCUT2D eigenvalue weighted by molar-refractivity contribution is 8.14. The summed E-state index contributed by atoms with van der Waals surface area (Å²) in [5, 5.41) is 5.05. The molecule has 0 aromatic heterocycles. The molecular formula is C23H24N4O5S. The van der Waals surface area contributed by atoms with E-state index in [2.05, 4.69) is 15.6 Å². The van der Waals surface area contributed by atoms with Crippen molar-refractivity contribution in [1.82, 2.24) is 10.6 Å². The number of thioether (sulfide) groups is 1. The lowest BCUT2D eigenvalue weighted by atomic mass is 10.2. The van der Waals surface area contributed by atoms with Crippen LogP contribution in [0.1, 0.15) is 12.5 Å². The standard InChI is InChI=1S/C23H24N4O5S/c1-4-24-22(30)26-20(28)14-33-23-25-19(12-15-8-10-17(31-2)11-9-15)21(29)27(23)16-6-5-7-18(13-16)32-3/h5-13H,4,14H2,1-3H3,(H2,24,26,28,30)/b19-12+. The Kier molecular flexibility index (Phi) is 8.09. The molecule has 1 aliphatic heterocycles. The number of carbonyl (C=O) groups excluding carboxylic acids is 3. The minimum Gasteiger partial charge on any atom is -0.497 e. The van der Waals surface area contributed by atoms with E-state index in [1.165, 1.54) is 12.0 Å².